The first-order chi connectivity index (χ1) is 33.6. The topological polar surface area (TPSA) is 218 Å². The number of nitrogens with one attached hydrogen (secondary N) is 2. The maximum absolute atomic E-state index is 15.0. The quantitative estimate of drug-likeness (QED) is 0.139. The zero-order valence-corrected chi connectivity index (χ0v) is 42.6. The van der Waals surface area contributed by atoms with E-state index >= 15 is 0 Å². The summed E-state index contributed by atoms with van der Waals surface area (Å²) in [6.07, 6.45) is 12.4. The average molecular weight is 1010 g/mol. The number of hydrogen-bond donors (Lipinski definition) is 2. The smallest absolute Gasteiger partial charge is 0.399 e. The minimum Gasteiger partial charge on any atom is -0.399 e. The van der Waals surface area contributed by atoms with Crippen molar-refractivity contribution >= 4 is 66.5 Å². The van der Waals surface area contributed by atoms with Gasteiger partial charge in [0.15, 0.2) is 28.8 Å². The summed E-state index contributed by atoms with van der Waals surface area (Å²) in [6.45, 7) is 16.6. The van der Waals surface area contributed by atoms with E-state index in [1.807, 2.05) is 46.4 Å². The normalized spacial score (nSPS) is 18.9. The van der Waals surface area contributed by atoms with Gasteiger partial charge >= 0.3 is 13.1 Å². The summed E-state index contributed by atoms with van der Waals surface area (Å²) in [6, 6.07) is 13.1. The lowest BCUT2D eigenvalue weighted by Gasteiger charge is -2.32. The number of rotatable bonds is 9. The second-order valence-corrected chi connectivity index (χ2v) is 23.1. The Morgan fingerprint density at radius 3 is 1.79 bits per heavy atom. The number of carbonyl (C=O) groups excluding carboxylic acids is 1. The van der Waals surface area contributed by atoms with Gasteiger partial charge in [-0.05, 0) is 118 Å². The molecule has 0 spiro atoms. The molecule has 2 N–H and O–H groups in total. The van der Waals surface area contributed by atoms with E-state index in [1.165, 1.54) is 22.6 Å². The van der Waals surface area contributed by atoms with Gasteiger partial charge in [-0.3, -0.25) is 0 Å². The number of halogens is 1. The third kappa shape index (κ3) is 9.86. The Kier molecular flexibility index (Phi) is 13.3. The number of fused-ring (bicyclic) bond motifs is 2. The molecule has 7 aromatic rings. The van der Waals surface area contributed by atoms with Crippen LogP contribution in [0, 0.1) is 33.5 Å². The largest absolute Gasteiger partial charge is 0.497 e. The molecule has 1 saturated carbocycles. The van der Waals surface area contributed by atoms with E-state index in [-0.39, 0.29) is 45.2 Å². The summed E-state index contributed by atoms with van der Waals surface area (Å²) >= 11 is 0. The first-order valence-corrected chi connectivity index (χ1v) is 26.5. The van der Waals surface area contributed by atoms with Crippen molar-refractivity contribution in [3.8, 4) is 11.4 Å². The zero-order chi connectivity index (χ0) is 50.6. The van der Waals surface area contributed by atoms with Crippen molar-refractivity contribution in [2.24, 2.45) is 0 Å². The standard InChI is InChI=1S/C29H33FN8O3S.C20H24BN3O4S/c1-18-8-10-22(11-9-18)42(40,41)38-17-24(23-15-31-19(2)33-28(23)38)26-32-16-25(30)27(36-26)34-20-6-5-7-21(14-20)35-29(39)37-12-3-4-13-37;1-13-7-9-15(10-8-13)29(25,26)24-12-17(16-11-22-14(2)23-18(16)24)21-27-19(3,4)20(5,6)28-21/h8-11,15-17,20-21H,3-7,12-14H2,1-2H3,(H,35,39)(H,32,34,36);7-12H,1-6H3/t20-,21+;/m1./s1. The second-order valence-electron chi connectivity index (χ2n) is 19.5. The van der Waals surface area contributed by atoms with Gasteiger partial charge in [0, 0.05) is 71.8 Å². The highest BCUT2D eigenvalue weighted by atomic mass is 32.2. The molecule has 372 valence electrons. The van der Waals surface area contributed by atoms with E-state index in [9.17, 15) is 26.0 Å². The molecule has 2 aromatic carbocycles. The van der Waals surface area contributed by atoms with Crippen LogP contribution in [-0.4, -0.2) is 109 Å². The van der Waals surface area contributed by atoms with Gasteiger partial charge in [0.05, 0.1) is 27.2 Å². The number of carbonyl (C=O) groups is 1. The van der Waals surface area contributed by atoms with Crippen LogP contribution in [0.2, 0.25) is 0 Å². The third-order valence-electron chi connectivity index (χ3n) is 13.7. The molecule has 71 heavy (non-hydrogen) atoms. The van der Waals surface area contributed by atoms with Crippen LogP contribution >= 0.6 is 0 Å². The van der Waals surface area contributed by atoms with Crippen LogP contribution in [0.3, 0.4) is 0 Å². The summed E-state index contributed by atoms with van der Waals surface area (Å²) in [7, 11) is -8.58. The van der Waals surface area contributed by atoms with E-state index < -0.39 is 44.2 Å². The number of hydrogen-bond acceptors (Lipinski definition) is 14. The highest BCUT2D eigenvalue weighted by Crippen LogP contribution is 2.38. The summed E-state index contributed by atoms with van der Waals surface area (Å²) in [4.78, 5) is 40.8. The maximum Gasteiger partial charge on any atom is 0.497 e. The summed E-state index contributed by atoms with van der Waals surface area (Å²) in [5.74, 6) is 0.427. The van der Waals surface area contributed by atoms with Crippen LogP contribution in [0.5, 0.6) is 0 Å². The molecule has 3 aliphatic rings. The SMILES string of the molecule is Cc1ccc(S(=O)(=O)n2cc(-c3ncc(F)c(N[C@@H]4CCC[C@H](NC(=O)N5CCCC5)C4)n3)c3cnc(C)nc32)cc1.Cc1ccc(S(=O)(=O)n2cc(B3OC(C)(C)C(C)(C)O3)c3cnc(C)nc32)cc1. The van der Waals surface area contributed by atoms with Crippen LogP contribution in [0.1, 0.15) is 89.0 Å². The summed E-state index contributed by atoms with van der Waals surface area (Å²) in [5, 5.41) is 7.36. The van der Waals surface area contributed by atoms with Gasteiger partial charge in [-0.1, -0.05) is 35.4 Å². The zero-order valence-electron chi connectivity index (χ0n) is 41.0. The molecule has 0 radical (unpaired) electrons. The number of aromatic nitrogens is 8. The average Bonchev–Trinajstić information content (AvgIpc) is 4.12. The Balaban J connectivity index is 0.000000188. The first kappa shape index (κ1) is 49.6. The van der Waals surface area contributed by atoms with Crippen molar-refractivity contribution in [2.75, 3.05) is 18.4 Å². The molecular weight excluding hydrogens is 949 g/mol. The lowest BCUT2D eigenvalue weighted by molar-refractivity contribution is 0.00578. The fourth-order valence-corrected chi connectivity index (χ4v) is 11.6. The first-order valence-electron chi connectivity index (χ1n) is 23.7. The molecule has 0 unspecified atom stereocenters. The van der Waals surface area contributed by atoms with Gasteiger partial charge < -0.3 is 24.8 Å². The van der Waals surface area contributed by atoms with Crippen LogP contribution in [0.4, 0.5) is 15.0 Å². The predicted molar refractivity (Wildman–Crippen MR) is 268 cm³/mol. The van der Waals surface area contributed by atoms with Crippen molar-refractivity contribution in [1.82, 2.24) is 48.1 Å². The van der Waals surface area contributed by atoms with Crippen LogP contribution in [-0.2, 0) is 29.4 Å². The molecule has 2 aliphatic heterocycles. The van der Waals surface area contributed by atoms with E-state index in [1.54, 1.807) is 68.6 Å². The molecule has 22 heteroatoms. The fraction of sp³-hybridized carbons (Fsp3) is 0.408. The number of amides is 2. The van der Waals surface area contributed by atoms with E-state index in [2.05, 4.69) is 40.5 Å². The molecule has 18 nitrogen and oxygen atoms in total. The Hall–Kier alpha value is -6.36. The monoisotopic (exact) mass is 1010 g/mol. The Bertz CT molecular complexity index is 3370. The van der Waals surface area contributed by atoms with E-state index in [4.69, 9.17) is 9.31 Å². The van der Waals surface area contributed by atoms with E-state index in [0.29, 0.717) is 45.5 Å². The molecule has 7 heterocycles. The Morgan fingerprint density at radius 1 is 0.690 bits per heavy atom. The number of likely N-dealkylation sites (tertiary alicyclic amines) is 1. The van der Waals surface area contributed by atoms with Gasteiger partial charge in [-0.2, -0.15) is 0 Å². The highest BCUT2D eigenvalue weighted by Gasteiger charge is 2.53. The molecule has 2 amide bonds. The third-order valence-corrected chi connectivity index (χ3v) is 17.0. The van der Waals surface area contributed by atoms with Gasteiger partial charge in [-0.25, -0.2) is 63.9 Å². The molecule has 5 aromatic heterocycles. The second kappa shape index (κ2) is 19.0. The highest BCUT2D eigenvalue weighted by molar-refractivity contribution is 7.90. The van der Waals surface area contributed by atoms with Gasteiger partial charge in [0.25, 0.3) is 20.0 Å². The van der Waals surface area contributed by atoms with Gasteiger partial charge in [0.1, 0.15) is 11.6 Å². The van der Waals surface area contributed by atoms with Crippen molar-refractivity contribution < 1.29 is 35.3 Å². The van der Waals surface area contributed by atoms with Crippen molar-refractivity contribution in [2.45, 2.75) is 127 Å². The van der Waals surface area contributed by atoms with Crippen LogP contribution in [0.25, 0.3) is 33.5 Å². The Labute approximate surface area is 413 Å². The Morgan fingerprint density at radius 2 is 1.21 bits per heavy atom. The number of benzene rings is 2. The molecule has 3 fully saturated rings. The summed E-state index contributed by atoms with van der Waals surface area (Å²) in [5.41, 5.74) is 2.27. The number of aryl methyl sites for hydroxylation is 4. The minimum absolute atomic E-state index is 0.0148. The lowest BCUT2D eigenvalue weighted by Crippen LogP contribution is -2.47. The minimum atomic E-state index is -4.01. The molecule has 0 bridgehead atoms. The number of nitrogens with zero attached hydrogens (tertiary/aromatic N) is 9. The molecular formula is C49H57BFN11O7S2. The van der Waals surface area contributed by atoms with Crippen molar-refractivity contribution in [3.63, 3.8) is 0 Å². The van der Waals surface area contributed by atoms with Crippen LogP contribution < -0.4 is 16.1 Å². The lowest BCUT2D eigenvalue weighted by atomic mass is 9.79. The molecule has 1 aliphatic carbocycles. The number of anilines is 1. The predicted octanol–water partition coefficient (Wildman–Crippen LogP) is 6.99. The van der Waals surface area contributed by atoms with Crippen LogP contribution in [0.15, 0.2) is 89.3 Å². The van der Waals surface area contributed by atoms with Gasteiger partial charge in [0.2, 0.25) is 0 Å². The van der Waals surface area contributed by atoms with Crippen molar-refractivity contribution in [3.05, 3.63) is 108 Å². The molecule has 2 saturated heterocycles. The number of urea groups is 1. The van der Waals surface area contributed by atoms with E-state index in [0.717, 1.165) is 66.5 Å². The maximum atomic E-state index is 15.0. The fourth-order valence-electron chi connectivity index (χ4n) is 8.93. The molecule has 10 rings (SSSR count). The van der Waals surface area contributed by atoms with Crippen molar-refractivity contribution in [1.29, 1.82) is 0 Å². The molecule has 2 atom stereocenters. The summed E-state index contributed by atoms with van der Waals surface area (Å²) < 4.78 is 83.6. The van der Waals surface area contributed by atoms with Gasteiger partial charge in [-0.15, -0.1) is 0 Å².